The van der Waals surface area contributed by atoms with E-state index in [1.54, 1.807) is 0 Å². The van der Waals surface area contributed by atoms with Crippen molar-refractivity contribution >= 4 is 22.9 Å². The van der Waals surface area contributed by atoms with Crippen LogP contribution in [0.1, 0.15) is 18.1 Å². The van der Waals surface area contributed by atoms with Crippen molar-refractivity contribution in [2.45, 2.75) is 19.2 Å². The molecule has 1 fully saturated rings. The Labute approximate surface area is 120 Å². The monoisotopic (exact) mass is 304 g/mol. The summed E-state index contributed by atoms with van der Waals surface area (Å²) in [5.74, 6) is 0. The number of anilines is 1. The van der Waals surface area contributed by atoms with Gasteiger partial charge in [0, 0.05) is 24.3 Å². The van der Waals surface area contributed by atoms with Crippen molar-refractivity contribution in [3.05, 3.63) is 29.3 Å². The van der Waals surface area contributed by atoms with Crippen LogP contribution >= 0.6 is 12.2 Å². The molecule has 1 aromatic carbocycles. The Morgan fingerprint density at radius 2 is 2.15 bits per heavy atom. The summed E-state index contributed by atoms with van der Waals surface area (Å²) in [6, 6.07) is 3.88. The molecule has 20 heavy (non-hydrogen) atoms. The molecule has 1 aromatic rings. The highest BCUT2D eigenvalue weighted by atomic mass is 32.1. The number of nitrogens with zero attached hydrogens (tertiary/aromatic N) is 1. The fourth-order valence-electron chi connectivity index (χ4n) is 2.23. The van der Waals surface area contributed by atoms with Gasteiger partial charge in [-0.05, 0) is 25.1 Å². The summed E-state index contributed by atoms with van der Waals surface area (Å²) in [7, 11) is 0. The van der Waals surface area contributed by atoms with E-state index in [0.717, 1.165) is 6.07 Å². The average molecular weight is 304 g/mol. The molecule has 0 amide bonds. The second-order valence-electron chi connectivity index (χ2n) is 4.72. The Morgan fingerprint density at radius 1 is 1.45 bits per heavy atom. The number of alkyl halides is 3. The first-order valence-corrected chi connectivity index (χ1v) is 6.57. The summed E-state index contributed by atoms with van der Waals surface area (Å²) in [4.78, 5) is 1.72. The summed E-state index contributed by atoms with van der Waals surface area (Å²) in [5, 5.41) is 0. The van der Waals surface area contributed by atoms with Crippen molar-refractivity contribution in [1.29, 1.82) is 0 Å². The number of ether oxygens (including phenoxy) is 1. The second-order valence-corrected chi connectivity index (χ2v) is 5.16. The van der Waals surface area contributed by atoms with E-state index in [9.17, 15) is 13.2 Å². The third-order valence-corrected chi connectivity index (χ3v) is 3.40. The van der Waals surface area contributed by atoms with Crippen LogP contribution in [-0.2, 0) is 10.9 Å². The lowest BCUT2D eigenvalue weighted by molar-refractivity contribution is -0.137. The molecule has 2 rings (SSSR count). The molecule has 1 unspecified atom stereocenters. The Bertz CT molecular complexity index is 519. The van der Waals surface area contributed by atoms with Gasteiger partial charge in [0.05, 0.1) is 18.3 Å². The van der Waals surface area contributed by atoms with Crippen molar-refractivity contribution < 1.29 is 17.9 Å². The molecule has 0 bridgehead atoms. The van der Waals surface area contributed by atoms with Crippen LogP contribution in [0.2, 0.25) is 0 Å². The van der Waals surface area contributed by atoms with Gasteiger partial charge in [-0.25, -0.2) is 0 Å². The fraction of sp³-hybridized carbons (Fsp3) is 0.462. The molecular weight excluding hydrogens is 289 g/mol. The molecule has 1 aliphatic rings. The van der Waals surface area contributed by atoms with Crippen molar-refractivity contribution in [1.82, 2.24) is 0 Å². The highest BCUT2D eigenvalue weighted by molar-refractivity contribution is 7.80. The predicted octanol–water partition coefficient (Wildman–Crippen LogP) is 2.56. The minimum Gasteiger partial charge on any atom is -0.389 e. The topological polar surface area (TPSA) is 38.5 Å². The normalized spacial score (nSPS) is 20.0. The molecule has 0 saturated carbocycles. The summed E-state index contributed by atoms with van der Waals surface area (Å²) in [6.45, 7) is 3.73. The van der Waals surface area contributed by atoms with Gasteiger partial charge in [0.25, 0.3) is 0 Å². The molecule has 1 heterocycles. The zero-order chi connectivity index (χ0) is 14.9. The average Bonchev–Trinajstić information content (AvgIpc) is 2.37. The molecule has 0 spiro atoms. The van der Waals surface area contributed by atoms with Gasteiger partial charge in [-0.2, -0.15) is 13.2 Å². The van der Waals surface area contributed by atoms with E-state index < -0.39 is 11.7 Å². The van der Waals surface area contributed by atoms with E-state index in [-0.39, 0.29) is 16.7 Å². The molecule has 7 heteroatoms. The standard InChI is InChI=1S/C13H15F3N2OS/c1-8-7-18(4-5-19-8)9-2-3-11(13(14,15)16)10(6-9)12(17)20/h2-3,6,8H,4-5,7H2,1H3,(H2,17,20). The van der Waals surface area contributed by atoms with E-state index in [0.29, 0.717) is 25.4 Å². The van der Waals surface area contributed by atoms with E-state index in [4.69, 9.17) is 22.7 Å². The highest BCUT2D eigenvalue weighted by Gasteiger charge is 2.34. The lowest BCUT2D eigenvalue weighted by Crippen LogP contribution is -2.41. The molecule has 0 aromatic heterocycles. The van der Waals surface area contributed by atoms with Gasteiger partial charge in [-0.1, -0.05) is 12.2 Å². The van der Waals surface area contributed by atoms with Gasteiger partial charge < -0.3 is 15.4 Å². The van der Waals surface area contributed by atoms with E-state index in [2.05, 4.69) is 0 Å². The van der Waals surface area contributed by atoms with Crippen LogP contribution in [-0.4, -0.2) is 30.8 Å². The molecule has 0 aliphatic carbocycles. The summed E-state index contributed by atoms with van der Waals surface area (Å²) >= 11 is 4.74. The third kappa shape index (κ3) is 3.21. The maximum atomic E-state index is 12.9. The molecule has 1 aliphatic heterocycles. The SMILES string of the molecule is CC1CN(c2ccc(C(F)(F)F)c(C(N)=S)c2)CCO1. The molecule has 0 radical (unpaired) electrons. The Morgan fingerprint density at radius 3 is 2.70 bits per heavy atom. The van der Waals surface area contributed by atoms with Gasteiger partial charge in [-0.15, -0.1) is 0 Å². The van der Waals surface area contributed by atoms with Gasteiger partial charge in [0.1, 0.15) is 4.99 Å². The van der Waals surface area contributed by atoms with Gasteiger partial charge >= 0.3 is 6.18 Å². The first kappa shape index (κ1) is 15.1. The first-order valence-electron chi connectivity index (χ1n) is 6.16. The number of rotatable bonds is 2. The largest absolute Gasteiger partial charge is 0.417 e. The molecule has 3 nitrogen and oxygen atoms in total. The number of thiocarbonyl (C=S) groups is 1. The van der Waals surface area contributed by atoms with E-state index in [1.165, 1.54) is 12.1 Å². The van der Waals surface area contributed by atoms with Crippen LogP contribution in [0.25, 0.3) is 0 Å². The van der Waals surface area contributed by atoms with Crippen molar-refractivity contribution in [2.24, 2.45) is 5.73 Å². The Kier molecular flexibility index (Phi) is 4.19. The van der Waals surface area contributed by atoms with Crippen molar-refractivity contribution in [3.8, 4) is 0 Å². The predicted molar refractivity (Wildman–Crippen MR) is 75.0 cm³/mol. The highest BCUT2D eigenvalue weighted by Crippen LogP contribution is 2.34. The van der Waals surface area contributed by atoms with Crippen LogP contribution in [0.15, 0.2) is 18.2 Å². The van der Waals surface area contributed by atoms with Crippen molar-refractivity contribution in [2.75, 3.05) is 24.6 Å². The summed E-state index contributed by atoms with van der Waals surface area (Å²) < 4.78 is 44.1. The Hall–Kier alpha value is -1.34. The number of morpholine rings is 1. The molecule has 1 atom stereocenters. The first-order chi connectivity index (χ1) is 9.29. The smallest absolute Gasteiger partial charge is 0.389 e. The molecule has 110 valence electrons. The third-order valence-electron chi connectivity index (χ3n) is 3.18. The summed E-state index contributed by atoms with van der Waals surface area (Å²) in [5.41, 5.74) is 5.17. The van der Waals surface area contributed by atoms with Crippen LogP contribution in [0, 0.1) is 0 Å². The number of nitrogens with two attached hydrogens (primary N) is 1. The van der Waals surface area contributed by atoms with Crippen LogP contribution in [0.5, 0.6) is 0 Å². The van der Waals surface area contributed by atoms with Gasteiger partial charge in [0.15, 0.2) is 0 Å². The number of benzene rings is 1. The number of halogens is 3. The quantitative estimate of drug-likeness (QED) is 0.852. The zero-order valence-electron chi connectivity index (χ0n) is 10.9. The summed E-state index contributed by atoms with van der Waals surface area (Å²) in [6.07, 6.45) is -4.42. The lowest BCUT2D eigenvalue weighted by atomic mass is 10.0. The second kappa shape index (κ2) is 5.57. The van der Waals surface area contributed by atoms with E-state index >= 15 is 0 Å². The number of hydrogen-bond donors (Lipinski definition) is 1. The van der Waals surface area contributed by atoms with Crippen molar-refractivity contribution in [3.63, 3.8) is 0 Å². The van der Waals surface area contributed by atoms with Gasteiger partial charge in [0.2, 0.25) is 0 Å². The molecule has 2 N–H and O–H groups in total. The maximum Gasteiger partial charge on any atom is 0.417 e. The molecular formula is C13H15F3N2OS. The minimum atomic E-state index is -4.46. The fourth-order valence-corrected chi connectivity index (χ4v) is 2.40. The number of hydrogen-bond acceptors (Lipinski definition) is 3. The van der Waals surface area contributed by atoms with E-state index in [1.807, 2.05) is 11.8 Å². The zero-order valence-corrected chi connectivity index (χ0v) is 11.7. The van der Waals surface area contributed by atoms with Crippen LogP contribution in [0.4, 0.5) is 18.9 Å². The van der Waals surface area contributed by atoms with Gasteiger partial charge in [-0.3, -0.25) is 0 Å². The minimum absolute atomic E-state index is 0.0410. The van der Waals surface area contributed by atoms with Crippen LogP contribution < -0.4 is 10.6 Å². The maximum absolute atomic E-state index is 12.9. The lowest BCUT2D eigenvalue weighted by Gasteiger charge is -2.33. The molecule has 1 saturated heterocycles. The van der Waals surface area contributed by atoms with Crippen LogP contribution in [0.3, 0.4) is 0 Å². The Balaban J connectivity index is 2.37.